The highest BCUT2D eigenvalue weighted by atomic mass is 19.4. The SMILES string of the molecule is NC(=O)c1ccnc2ccncc12.O=C(O)C(F)(F)F. The first-order valence-corrected chi connectivity index (χ1v) is 5.02. The van der Waals surface area contributed by atoms with E-state index in [1.807, 2.05) is 0 Å². The maximum Gasteiger partial charge on any atom is 0.490 e. The van der Waals surface area contributed by atoms with Crippen molar-refractivity contribution in [2.75, 3.05) is 0 Å². The summed E-state index contributed by atoms with van der Waals surface area (Å²) in [6, 6.07) is 3.33. The van der Waals surface area contributed by atoms with E-state index in [1.54, 1.807) is 30.7 Å². The van der Waals surface area contributed by atoms with E-state index in [-0.39, 0.29) is 0 Å². The third kappa shape index (κ3) is 3.90. The third-order valence-corrected chi connectivity index (χ3v) is 2.05. The van der Waals surface area contributed by atoms with Gasteiger partial charge >= 0.3 is 12.1 Å². The minimum Gasteiger partial charge on any atom is -0.475 e. The molecule has 0 saturated heterocycles. The topological polar surface area (TPSA) is 106 Å². The van der Waals surface area contributed by atoms with Crippen LogP contribution in [-0.2, 0) is 4.79 Å². The monoisotopic (exact) mass is 287 g/mol. The number of fused-ring (bicyclic) bond motifs is 1. The van der Waals surface area contributed by atoms with Gasteiger partial charge in [-0.05, 0) is 12.1 Å². The predicted octanol–water partition coefficient (Wildman–Crippen LogP) is 1.36. The van der Waals surface area contributed by atoms with Crippen LogP contribution in [0.2, 0.25) is 0 Å². The van der Waals surface area contributed by atoms with E-state index >= 15 is 0 Å². The molecule has 0 saturated carbocycles. The number of pyridine rings is 2. The van der Waals surface area contributed by atoms with Crippen LogP contribution < -0.4 is 5.73 Å². The Kier molecular flexibility index (Phi) is 4.57. The molecule has 0 bridgehead atoms. The fraction of sp³-hybridized carbons (Fsp3) is 0.0909. The summed E-state index contributed by atoms with van der Waals surface area (Å²) in [6.07, 6.45) is -0.315. The summed E-state index contributed by atoms with van der Waals surface area (Å²) in [7, 11) is 0. The van der Waals surface area contributed by atoms with E-state index < -0.39 is 18.1 Å². The van der Waals surface area contributed by atoms with Crippen LogP contribution in [0.5, 0.6) is 0 Å². The predicted molar refractivity (Wildman–Crippen MR) is 61.7 cm³/mol. The maximum atomic E-state index is 11.0. The summed E-state index contributed by atoms with van der Waals surface area (Å²) >= 11 is 0. The number of nitrogens with zero attached hydrogens (tertiary/aromatic N) is 2. The molecule has 2 rings (SSSR count). The molecule has 0 fully saturated rings. The Bertz CT molecular complexity index is 638. The van der Waals surface area contributed by atoms with Gasteiger partial charge in [-0.15, -0.1) is 0 Å². The quantitative estimate of drug-likeness (QED) is 0.823. The summed E-state index contributed by atoms with van der Waals surface area (Å²) < 4.78 is 31.7. The van der Waals surface area contributed by atoms with Crippen LogP contribution in [-0.4, -0.2) is 33.1 Å². The van der Waals surface area contributed by atoms with E-state index in [9.17, 15) is 18.0 Å². The van der Waals surface area contributed by atoms with E-state index in [0.717, 1.165) is 5.52 Å². The van der Waals surface area contributed by atoms with Crippen molar-refractivity contribution in [2.45, 2.75) is 6.18 Å². The summed E-state index contributed by atoms with van der Waals surface area (Å²) in [5.41, 5.74) is 6.37. The van der Waals surface area contributed by atoms with Crippen LogP contribution in [0.4, 0.5) is 13.2 Å². The molecule has 0 aliphatic rings. The molecule has 0 spiro atoms. The lowest BCUT2D eigenvalue weighted by molar-refractivity contribution is -0.192. The van der Waals surface area contributed by atoms with Gasteiger partial charge in [0.2, 0.25) is 5.91 Å². The molecule has 0 aliphatic heterocycles. The van der Waals surface area contributed by atoms with Crippen molar-refractivity contribution < 1.29 is 27.9 Å². The highest BCUT2D eigenvalue weighted by Gasteiger charge is 2.38. The Hall–Kier alpha value is -2.71. The van der Waals surface area contributed by atoms with Gasteiger partial charge in [0.15, 0.2) is 0 Å². The van der Waals surface area contributed by atoms with Gasteiger partial charge in [0.1, 0.15) is 0 Å². The Morgan fingerprint density at radius 1 is 1.20 bits per heavy atom. The molecule has 6 nitrogen and oxygen atoms in total. The number of nitrogens with two attached hydrogens (primary N) is 1. The van der Waals surface area contributed by atoms with Gasteiger partial charge in [-0.1, -0.05) is 0 Å². The molecule has 20 heavy (non-hydrogen) atoms. The van der Waals surface area contributed by atoms with E-state index in [4.69, 9.17) is 15.6 Å². The summed E-state index contributed by atoms with van der Waals surface area (Å²) in [5.74, 6) is -3.21. The van der Waals surface area contributed by atoms with Crippen molar-refractivity contribution in [1.82, 2.24) is 9.97 Å². The number of halogens is 3. The van der Waals surface area contributed by atoms with Crippen LogP contribution in [0.3, 0.4) is 0 Å². The first kappa shape index (κ1) is 15.3. The number of hydrogen-bond acceptors (Lipinski definition) is 4. The molecule has 0 aromatic carbocycles. The lowest BCUT2D eigenvalue weighted by Gasteiger charge is -1.99. The van der Waals surface area contributed by atoms with Gasteiger partial charge < -0.3 is 10.8 Å². The molecule has 3 N–H and O–H groups in total. The summed E-state index contributed by atoms with van der Waals surface area (Å²) in [4.78, 5) is 27.9. The second-order valence-electron chi connectivity index (χ2n) is 3.42. The average Bonchev–Trinajstić information content (AvgIpc) is 2.37. The number of amides is 1. The molecule has 0 aliphatic carbocycles. The maximum absolute atomic E-state index is 11.0. The zero-order valence-corrected chi connectivity index (χ0v) is 9.76. The molecular formula is C11H8F3N3O3. The van der Waals surface area contributed by atoms with Gasteiger partial charge in [0.25, 0.3) is 0 Å². The van der Waals surface area contributed by atoms with Crippen LogP contribution in [0.1, 0.15) is 10.4 Å². The Labute approximate surface area is 110 Å². The normalized spacial score (nSPS) is 10.6. The molecular weight excluding hydrogens is 279 g/mol. The summed E-state index contributed by atoms with van der Waals surface area (Å²) in [6.45, 7) is 0. The zero-order chi connectivity index (χ0) is 15.3. The zero-order valence-electron chi connectivity index (χ0n) is 9.76. The van der Waals surface area contributed by atoms with Crippen LogP contribution >= 0.6 is 0 Å². The smallest absolute Gasteiger partial charge is 0.475 e. The lowest BCUT2D eigenvalue weighted by atomic mass is 10.1. The van der Waals surface area contributed by atoms with Crippen molar-refractivity contribution in [3.63, 3.8) is 0 Å². The summed E-state index contributed by atoms with van der Waals surface area (Å²) in [5, 5.41) is 7.82. The van der Waals surface area contributed by atoms with Crippen molar-refractivity contribution in [1.29, 1.82) is 0 Å². The van der Waals surface area contributed by atoms with Gasteiger partial charge in [-0.25, -0.2) is 4.79 Å². The molecule has 2 aromatic heterocycles. The van der Waals surface area contributed by atoms with Gasteiger partial charge in [0.05, 0.1) is 11.1 Å². The fourth-order valence-corrected chi connectivity index (χ4v) is 1.20. The van der Waals surface area contributed by atoms with Crippen molar-refractivity contribution >= 4 is 22.8 Å². The number of hydrogen-bond donors (Lipinski definition) is 2. The second kappa shape index (κ2) is 5.95. The van der Waals surface area contributed by atoms with E-state index in [1.165, 1.54) is 0 Å². The number of alkyl halides is 3. The van der Waals surface area contributed by atoms with Gasteiger partial charge in [-0.3, -0.25) is 14.8 Å². The van der Waals surface area contributed by atoms with Crippen LogP contribution in [0, 0.1) is 0 Å². The van der Waals surface area contributed by atoms with Crippen LogP contribution in [0.25, 0.3) is 10.9 Å². The van der Waals surface area contributed by atoms with E-state index in [2.05, 4.69) is 9.97 Å². The minimum absolute atomic E-state index is 0.457. The molecule has 0 radical (unpaired) electrons. The molecule has 0 unspecified atom stereocenters. The van der Waals surface area contributed by atoms with E-state index in [0.29, 0.717) is 10.9 Å². The number of carbonyl (C=O) groups is 2. The fourth-order valence-electron chi connectivity index (χ4n) is 1.20. The Balaban J connectivity index is 0.000000246. The van der Waals surface area contributed by atoms with Crippen LogP contribution in [0.15, 0.2) is 30.7 Å². The lowest BCUT2D eigenvalue weighted by Crippen LogP contribution is -2.21. The average molecular weight is 287 g/mol. The molecule has 9 heteroatoms. The van der Waals surface area contributed by atoms with Crippen molar-refractivity contribution in [3.05, 3.63) is 36.3 Å². The number of carboxylic acids is 1. The number of carboxylic acid groups (broad SMARTS) is 1. The van der Waals surface area contributed by atoms with Gasteiger partial charge in [0, 0.05) is 24.0 Å². The molecule has 2 aromatic rings. The molecule has 106 valence electrons. The number of rotatable bonds is 1. The first-order valence-electron chi connectivity index (χ1n) is 5.02. The van der Waals surface area contributed by atoms with Crippen molar-refractivity contribution in [3.8, 4) is 0 Å². The van der Waals surface area contributed by atoms with Gasteiger partial charge in [-0.2, -0.15) is 13.2 Å². The number of aliphatic carboxylic acids is 1. The first-order chi connectivity index (χ1) is 9.23. The third-order valence-electron chi connectivity index (χ3n) is 2.05. The number of carbonyl (C=O) groups excluding carboxylic acids is 1. The Morgan fingerprint density at radius 3 is 2.30 bits per heavy atom. The number of primary amides is 1. The minimum atomic E-state index is -5.08. The molecule has 2 heterocycles. The highest BCUT2D eigenvalue weighted by Crippen LogP contribution is 2.14. The number of aromatic nitrogens is 2. The molecule has 0 atom stereocenters. The largest absolute Gasteiger partial charge is 0.490 e. The Morgan fingerprint density at radius 2 is 1.80 bits per heavy atom. The second-order valence-corrected chi connectivity index (χ2v) is 3.42. The highest BCUT2D eigenvalue weighted by molar-refractivity contribution is 6.04. The molecule has 1 amide bonds. The van der Waals surface area contributed by atoms with Crippen molar-refractivity contribution in [2.24, 2.45) is 5.73 Å². The standard InChI is InChI=1S/C9H7N3O.C2HF3O2/c10-9(13)6-1-4-12-8-2-3-11-5-7(6)8;3-2(4,5)1(6)7/h1-5H,(H2,10,13);(H,6,7).